The monoisotopic (exact) mass is 263 g/mol. The van der Waals surface area contributed by atoms with Crippen LogP contribution in [0.15, 0.2) is 0 Å². The lowest BCUT2D eigenvalue weighted by atomic mass is 9.53. The van der Waals surface area contributed by atoms with E-state index in [4.69, 9.17) is 12.5 Å². The van der Waals surface area contributed by atoms with Gasteiger partial charge in [-0.1, -0.05) is 66.5 Å². The van der Waals surface area contributed by atoms with Crippen molar-refractivity contribution in [1.29, 1.82) is 0 Å². The van der Waals surface area contributed by atoms with Crippen LogP contribution in [0.3, 0.4) is 0 Å². The molecule has 0 spiro atoms. The van der Waals surface area contributed by atoms with E-state index < -0.39 is 0 Å². The zero-order valence-electron chi connectivity index (χ0n) is 14.5. The molecule has 109 valence electrons. The molecule has 0 bridgehead atoms. The second-order valence-electron chi connectivity index (χ2n) is 7.95. The van der Waals surface area contributed by atoms with Crippen LogP contribution in [0.2, 0.25) is 5.21 Å². The molecule has 0 saturated heterocycles. The molecular formula is C16H33B2O. The Morgan fingerprint density at radius 2 is 1.58 bits per heavy atom. The highest BCUT2D eigenvalue weighted by Crippen LogP contribution is 2.42. The SMILES string of the molecule is [B]C(C)(C)[B]OC(C)CC(C)(CC)CC(C)(C)CC. The second kappa shape index (κ2) is 7.20. The molecule has 3 heteroatoms. The molecule has 0 aliphatic rings. The van der Waals surface area contributed by atoms with E-state index in [1.807, 2.05) is 13.8 Å². The fraction of sp³-hybridized carbons (Fsp3) is 1.00. The molecule has 0 aromatic rings. The molecule has 2 unspecified atom stereocenters. The van der Waals surface area contributed by atoms with E-state index in [9.17, 15) is 0 Å². The molecule has 2 atom stereocenters. The van der Waals surface area contributed by atoms with Crippen LogP contribution in [0.1, 0.15) is 81.1 Å². The van der Waals surface area contributed by atoms with E-state index in [1.165, 1.54) is 19.3 Å². The molecule has 0 rings (SSSR count). The van der Waals surface area contributed by atoms with Crippen LogP contribution < -0.4 is 0 Å². The third-order valence-corrected chi connectivity index (χ3v) is 4.10. The molecule has 3 radical (unpaired) electrons. The van der Waals surface area contributed by atoms with Crippen molar-refractivity contribution >= 4 is 15.3 Å². The first-order chi connectivity index (χ1) is 8.43. The van der Waals surface area contributed by atoms with Crippen molar-refractivity contribution < 1.29 is 4.65 Å². The van der Waals surface area contributed by atoms with Gasteiger partial charge < -0.3 is 4.65 Å². The molecule has 0 saturated carbocycles. The zero-order valence-corrected chi connectivity index (χ0v) is 14.5. The van der Waals surface area contributed by atoms with E-state index >= 15 is 0 Å². The van der Waals surface area contributed by atoms with Gasteiger partial charge in [0.1, 0.15) is 0 Å². The van der Waals surface area contributed by atoms with Gasteiger partial charge in [0.05, 0.1) is 7.85 Å². The van der Waals surface area contributed by atoms with Gasteiger partial charge in [0.25, 0.3) is 7.48 Å². The molecule has 0 N–H and O–H groups in total. The lowest BCUT2D eigenvalue weighted by Gasteiger charge is -2.38. The minimum absolute atomic E-state index is 0.223. The third kappa shape index (κ3) is 8.78. The molecule has 0 aromatic heterocycles. The highest BCUT2D eigenvalue weighted by atomic mass is 16.4. The molecular weight excluding hydrogens is 230 g/mol. The van der Waals surface area contributed by atoms with Crippen molar-refractivity contribution in [3.05, 3.63) is 0 Å². The van der Waals surface area contributed by atoms with E-state index in [-0.39, 0.29) is 11.3 Å². The summed E-state index contributed by atoms with van der Waals surface area (Å²) in [6.45, 7) is 17.7. The Labute approximate surface area is 124 Å². The molecule has 1 nitrogen and oxygen atoms in total. The fourth-order valence-electron chi connectivity index (χ4n) is 2.66. The van der Waals surface area contributed by atoms with Crippen LogP contribution >= 0.6 is 0 Å². The quantitative estimate of drug-likeness (QED) is 0.534. The Morgan fingerprint density at radius 3 is 1.95 bits per heavy atom. The fourth-order valence-corrected chi connectivity index (χ4v) is 2.66. The van der Waals surface area contributed by atoms with Gasteiger partial charge in [0.15, 0.2) is 0 Å². The lowest BCUT2D eigenvalue weighted by Crippen LogP contribution is -2.31. The van der Waals surface area contributed by atoms with Crippen molar-refractivity contribution in [3.63, 3.8) is 0 Å². The van der Waals surface area contributed by atoms with Gasteiger partial charge in [-0.15, -0.1) is 0 Å². The van der Waals surface area contributed by atoms with E-state index in [2.05, 4.69) is 41.5 Å². The van der Waals surface area contributed by atoms with Crippen molar-refractivity contribution in [2.75, 3.05) is 0 Å². The average Bonchev–Trinajstić information content (AvgIpc) is 2.25. The van der Waals surface area contributed by atoms with E-state index in [0.717, 1.165) is 6.42 Å². The maximum Gasteiger partial charge on any atom is 0.289 e. The lowest BCUT2D eigenvalue weighted by molar-refractivity contribution is 0.0926. The number of hydrogen-bond donors (Lipinski definition) is 0. The molecule has 0 aliphatic carbocycles. The molecule has 0 fully saturated rings. The van der Waals surface area contributed by atoms with E-state index in [0.29, 0.717) is 10.8 Å². The molecule has 0 aliphatic heterocycles. The van der Waals surface area contributed by atoms with Gasteiger partial charge in [-0.3, -0.25) is 0 Å². The highest BCUT2D eigenvalue weighted by molar-refractivity contribution is 6.48. The zero-order chi connectivity index (χ0) is 15.3. The van der Waals surface area contributed by atoms with Gasteiger partial charge in [-0.25, -0.2) is 0 Å². The number of rotatable bonds is 9. The Balaban J connectivity index is 4.45. The summed E-state index contributed by atoms with van der Waals surface area (Å²) in [4.78, 5) is 0. The molecule has 19 heavy (non-hydrogen) atoms. The Bertz CT molecular complexity index is 258. The Kier molecular flexibility index (Phi) is 7.23. The molecule has 0 aromatic carbocycles. The first-order valence-electron chi connectivity index (χ1n) is 7.72. The van der Waals surface area contributed by atoms with Gasteiger partial charge in [0, 0.05) is 6.10 Å². The van der Waals surface area contributed by atoms with Crippen LogP contribution in [-0.2, 0) is 4.65 Å². The minimum atomic E-state index is -0.362. The van der Waals surface area contributed by atoms with Gasteiger partial charge in [0.2, 0.25) is 0 Å². The van der Waals surface area contributed by atoms with Crippen molar-refractivity contribution in [2.24, 2.45) is 10.8 Å². The summed E-state index contributed by atoms with van der Waals surface area (Å²) in [6, 6.07) is 0. The topological polar surface area (TPSA) is 9.23 Å². The number of hydrogen-bond acceptors (Lipinski definition) is 1. The largest absolute Gasteiger partial charge is 0.438 e. The Morgan fingerprint density at radius 1 is 1.05 bits per heavy atom. The van der Waals surface area contributed by atoms with Crippen molar-refractivity contribution in [1.82, 2.24) is 0 Å². The summed E-state index contributed by atoms with van der Waals surface area (Å²) >= 11 is 0. The van der Waals surface area contributed by atoms with Crippen LogP contribution in [0.25, 0.3) is 0 Å². The predicted molar refractivity (Wildman–Crippen MR) is 87.8 cm³/mol. The highest BCUT2D eigenvalue weighted by Gasteiger charge is 2.32. The van der Waals surface area contributed by atoms with Gasteiger partial charge >= 0.3 is 0 Å². The van der Waals surface area contributed by atoms with Crippen LogP contribution in [0.5, 0.6) is 0 Å². The van der Waals surface area contributed by atoms with Gasteiger partial charge in [-0.05, 0) is 30.6 Å². The van der Waals surface area contributed by atoms with Crippen molar-refractivity contribution in [3.8, 4) is 0 Å². The molecule has 0 amide bonds. The summed E-state index contributed by atoms with van der Waals surface area (Å²) in [5.41, 5.74) is 0.743. The van der Waals surface area contributed by atoms with E-state index in [1.54, 1.807) is 7.48 Å². The van der Waals surface area contributed by atoms with Crippen LogP contribution in [-0.4, -0.2) is 21.4 Å². The summed E-state index contributed by atoms with van der Waals surface area (Å²) in [5.74, 6) is 0. The maximum atomic E-state index is 5.92. The average molecular weight is 263 g/mol. The first-order valence-corrected chi connectivity index (χ1v) is 7.72. The Hall–Kier alpha value is 0.0899. The first kappa shape index (κ1) is 19.1. The summed E-state index contributed by atoms with van der Waals surface area (Å²) in [6.07, 6.45) is 4.96. The summed E-state index contributed by atoms with van der Waals surface area (Å²) in [7, 11) is 7.70. The standard InChI is InChI=1S/C16H33B2O/c1-9-14(4,5)12-16(8,10-2)11-13(3)19-18-15(6,7)17/h13H,9-12H2,1-8H3. The summed E-state index contributed by atoms with van der Waals surface area (Å²) < 4.78 is 5.80. The second-order valence-corrected chi connectivity index (χ2v) is 7.95. The minimum Gasteiger partial charge on any atom is -0.438 e. The third-order valence-electron chi connectivity index (χ3n) is 4.10. The maximum absolute atomic E-state index is 5.92. The van der Waals surface area contributed by atoms with Gasteiger partial charge in [-0.2, -0.15) is 0 Å². The molecule has 0 heterocycles. The predicted octanol–water partition coefficient (Wildman–Crippen LogP) is 4.97. The smallest absolute Gasteiger partial charge is 0.289 e. The summed E-state index contributed by atoms with van der Waals surface area (Å²) in [5, 5.41) is -0.362. The van der Waals surface area contributed by atoms with Crippen LogP contribution in [0.4, 0.5) is 0 Å². The van der Waals surface area contributed by atoms with Crippen LogP contribution in [0, 0.1) is 10.8 Å². The normalized spacial score (nSPS) is 17.9. The van der Waals surface area contributed by atoms with Crippen molar-refractivity contribution in [2.45, 2.75) is 92.4 Å².